The van der Waals surface area contributed by atoms with E-state index in [9.17, 15) is 20.2 Å². The van der Waals surface area contributed by atoms with Crippen molar-refractivity contribution in [1.82, 2.24) is 0 Å². The van der Waals surface area contributed by atoms with Crippen LogP contribution in [0.25, 0.3) is 0 Å². The molecule has 0 atom stereocenters. The van der Waals surface area contributed by atoms with Crippen molar-refractivity contribution in [3.8, 4) is 5.75 Å². The number of methoxy groups -OCH3 is 1. The van der Waals surface area contributed by atoms with Gasteiger partial charge in [0.25, 0.3) is 0 Å². The number of nitro groups is 2. The first-order valence-corrected chi connectivity index (χ1v) is 3.73. The van der Waals surface area contributed by atoms with E-state index in [1.165, 1.54) is 7.11 Å². The number of benzene rings is 1. The van der Waals surface area contributed by atoms with E-state index in [0.29, 0.717) is 0 Å². The first-order chi connectivity index (χ1) is 6.97. The third-order valence-electron chi connectivity index (χ3n) is 1.71. The molecule has 1 rings (SSSR count). The fourth-order valence-corrected chi connectivity index (χ4v) is 1.07. The highest BCUT2D eigenvalue weighted by Crippen LogP contribution is 2.36. The van der Waals surface area contributed by atoms with Crippen molar-refractivity contribution >= 4 is 17.1 Å². The smallest absolute Gasteiger partial charge is 0.368 e. The van der Waals surface area contributed by atoms with Crippen LogP contribution in [0.5, 0.6) is 5.75 Å². The van der Waals surface area contributed by atoms with Crippen molar-refractivity contribution < 1.29 is 14.6 Å². The average Bonchev–Trinajstić information content (AvgIpc) is 2.15. The summed E-state index contributed by atoms with van der Waals surface area (Å²) in [6, 6.07) is 2.11. The number of anilines is 1. The van der Waals surface area contributed by atoms with E-state index < -0.39 is 21.2 Å². The van der Waals surface area contributed by atoms with Gasteiger partial charge < -0.3 is 10.5 Å². The molecule has 0 amide bonds. The molecular weight excluding hydrogens is 206 g/mol. The molecule has 0 aromatic heterocycles. The molecule has 2 N–H and O–H groups in total. The number of hydrogen-bond acceptors (Lipinski definition) is 6. The quantitative estimate of drug-likeness (QED) is 0.455. The molecule has 0 aliphatic carbocycles. The van der Waals surface area contributed by atoms with E-state index in [2.05, 4.69) is 0 Å². The van der Waals surface area contributed by atoms with Gasteiger partial charge in [-0.1, -0.05) is 0 Å². The van der Waals surface area contributed by atoms with E-state index in [0.717, 1.165) is 12.1 Å². The van der Waals surface area contributed by atoms with Crippen molar-refractivity contribution in [3.05, 3.63) is 32.4 Å². The maximum Gasteiger partial charge on any atom is 0.368 e. The Morgan fingerprint density at radius 3 is 2.27 bits per heavy atom. The highest BCUT2D eigenvalue weighted by molar-refractivity contribution is 5.72. The summed E-state index contributed by atoms with van der Waals surface area (Å²) in [7, 11) is 1.28. The molecule has 0 saturated heterocycles. The molecule has 0 unspecified atom stereocenters. The summed E-state index contributed by atoms with van der Waals surface area (Å²) < 4.78 is 4.71. The molecule has 0 radical (unpaired) electrons. The van der Waals surface area contributed by atoms with Gasteiger partial charge >= 0.3 is 11.4 Å². The first kappa shape index (κ1) is 10.7. The first-order valence-electron chi connectivity index (χ1n) is 3.73. The van der Waals surface area contributed by atoms with Crippen LogP contribution in [0.1, 0.15) is 0 Å². The predicted molar refractivity (Wildman–Crippen MR) is 50.7 cm³/mol. The number of rotatable bonds is 3. The zero-order valence-corrected chi connectivity index (χ0v) is 7.67. The summed E-state index contributed by atoms with van der Waals surface area (Å²) in [6.07, 6.45) is 0. The van der Waals surface area contributed by atoms with Gasteiger partial charge in [-0.05, 0) is 0 Å². The van der Waals surface area contributed by atoms with Crippen LogP contribution in [0.15, 0.2) is 12.1 Å². The van der Waals surface area contributed by atoms with Gasteiger partial charge in [-0.2, -0.15) is 0 Å². The Balaban J connectivity index is 3.49. The Morgan fingerprint density at radius 1 is 1.27 bits per heavy atom. The van der Waals surface area contributed by atoms with Crippen LogP contribution in [0.4, 0.5) is 17.1 Å². The number of hydrogen-bond donors (Lipinski definition) is 1. The highest BCUT2D eigenvalue weighted by Gasteiger charge is 2.28. The van der Waals surface area contributed by atoms with Crippen molar-refractivity contribution in [2.45, 2.75) is 0 Å². The number of nitro benzene ring substituents is 2. The van der Waals surface area contributed by atoms with Gasteiger partial charge in [0.2, 0.25) is 0 Å². The molecule has 0 saturated carbocycles. The van der Waals surface area contributed by atoms with E-state index in [4.69, 9.17) is 10.5 Å². The Hall–Kier alpha value is -2.38. The second-order valence-electron chi connectivity index (χ2n) is 2.60. The van der Waals surface area contributed by atoms with Gasteiger partial charge in [0.15, 0.2) is 0 Å². The van der Waals surface area contributed by atoms with Crippen LogP contribution >= 0.6 is 0 Å². The monoisotopic (exact) mass is 213 g/mol. The fourth-order valence-electron chi connectivity index (χ4n) is 1.07. The van der Waals surface area contributed by atoms with E-state index >= 15 is 0 Å². The summed E-state index contributed by atoms with van der Waals surface area (Å²) in [5, 5.41) is 21.1. The maximum atomic E-state index is 10.5. The molecule has 0 heterocycles. The topological polar surface area (TPSA) is 122 Å². The lowest BCUT2D eigenvalue weighted by Crippen LogP contribution is -2.01. The lowest BCUT2D eigenvalue weighted by atomic mass is 10.2. The zero-order chi connectivity index (χ0) is 11.6. The van der Waals surface area contributed by atoms with Crippen LogP contribution in [-0.4, -0.2) is 17.0 Å². The molecule has 0 aliphatic rings. The van der Waals surface area contributed by atoms with Crippen molar-refractivity contribution in [3.63, 3.8) is 0 Å². The van der Waals surface area contributed by atoms with Crippen LogP contribution in [0.3, 0.4) is 0 Å². The Morgan fingerprint density at radius 2 is 1.87 bits per heavy atom. The summed E-state index contributed by atoms with van der Waals surface area (Å²) in [5.41, 5.74) is 3.61. The van der Waals surface area contributed by atoms with Gasteiger partial charge in [0.1, 0.15) is 11.4 Å². The largest absolute Gasteiger partial charge is 0.496 e. The van der Waals surface area contributed by atoms with Crippen molar-refractivity contribution in [1.29, 1.82) is 0 Å². The summed E-state index contributed by atoms with van der Waals surface area (Å²) in [4.78, 5) is 19.3. The molecule has 0 spiro atoms. The predicted octanol–water partition coefficient (Wildman–Crippen LogP) is 1.09. The summed E-state index contributed by atoms with van der Waals surface area (Å²) >= 11 is 0. The van der Waals surface area contributed by atoms with Gasteiger partial charge in [-0.15, -0.1) is 0 Å². The molecule has 0 bridgehead atoms. The lowest BCUT2D eigenvalue weighted by molar-refractivity contribution is -0.421. The number of ether oxygens (including phenoxy) is 1. The molecule has 1 aromatic rings. The molecule has 15 heavy (non-hydrogen) atoms. The Bertz CT molecular complexity index is 431. The second-order valence-corrected chi connectivity index (χ2v) is 2.60. The second kappa shape index (κ2) is 3.78. The third-order valence-corrected chi connectivity index (χ3v) is 1.71. The minimum atomic E-state index is -0.896. The number of nitrogens with zero attached hydrogens (tertiary/aromatic N) is 2. The van der Waals surface area contributed by atoms with Gasteiger partial charge in [0.05, 0.1) is 23.0 Å². The van der Waals surface area contributed by atoms with Gasteiger partial charge in [0, 0.05) is 6.07 Å². The van der Waals surface area contributed by atoms with Crippen LogP contribution in [0.2, 0.25) is 0 Å². The molecule has 0 fully saturated rings. The minimum absolute atomic E-state index is 0.102. The highest BCUT2D eigenvalue weighted by atomic mass is 16.6. The zero-order valence-electron chi connectivity index (χ0n) is 7.67. The molecule has 1 aromatic carbocycles. The summed E-state index contributed by atoms with van der Waals surface area (Å²) in [5.74, 6) is 0.102. The van der Waals surface area contributed by atoms with Crippen molar-refractivity contribution in [2.24, 2.45) is 0 Å². The average molecular weight is 213 g/mol. The molecule has 0 aliphatic heterocycles. The normalized spacial score (nSPS) is 9.67. The minimum Gasteiger partial charge on any atom is -0.496 e. The van der Waals surface area contributed by atoms with Crippen LogP contribution < -0.4 is 10.5 Å². The van der Waals surface area contributed by atoms with Crippen LogP contribution in [-0.2, 0) is 0 Å². The maximum absolute atomic E-state index is 10.5. The lowest BCUT2D eigenvalue weighted by Gasteiger charge is -2.02. The number of nitrogen functional groups attached to an aromatic ring is 1. The van der Waals surface area contributed by atoms with E-state index in [1.807, 2.05) is 0 Å². The van der Waals surface area contributed by atoms with Gasteiger partial charge in [-0.25, -0.2) is 0 Å². The molecule has 8 heteroatoms. The Kier molecular flexibility index (Phi) is 2.70. The fraction of sp³-hybridized carbons (Fsp3) is 0.143. The SMILES string of the molecule is COc1cc(N)c([N+](=O)[O-])c([N+](=O)[O-])c1. The van der Waals surface area contributed by atoms with E-state index in [-0.39, 0.29) is 11.4 Å². The van der Waals surface area contributed by atoms with Gasteiger partial charge in [-0.3, -0.25) is 20.2 Å². The molecular formula is C7H7N3O5. The van der Waals surface area contributed by atoms with Crippen LogP contribution in [0, 0.1) is 20.2 Å². The standard InChI is InChI=1S/C7H7N3O5/c1-15-4-2-5(8)7(10(13)14)6(3-4)9(11)12/h2-3H,8H2,1H3. The Labute approximate surface area is 83.6 Å². The third kappa shape index (κ3) is 1.93. The molecule has 80 valence electrons. The number of nitrogens with two attached hydrogens (primary N) is 1. The molecule has 8 nitrogen and oxygen atoms in total. The summed E-state index contributed by atoms with van der Waals surface area (Å²) in [6.45, 7) is 0. The van der Waals surface area contributed by atoms with Crippen molar-refractivity contribution in [2.75, 3.05) is 12.8 Å². The van der Waals surface area contributed by atoms with E-state index in [1.54, 1.807) is 0 Å².